The lowest BCUT2D eigenvalue weighted by Crippen LogP contribution is -1.99. The first-order chi connectivity index (χ1) is 7.09. The summed E-state index contributed by atoms with van der Waals surface area (Å²) >= 11 is 0. The van der Waals surface area contributed by atoms with E-state index in [4.69, 9.17) is 5.11 Å². The summed E-state index contributed by atoms with van der Waals surface area (Å²) in [5, 5.41) is 19.2. The molecule has 0 saturated heterocycles. The average molecular weight is 207 g/mol. The molecule has 0 aliphatic heterocycles. The molecule has 15 heavy (non-hydrogen) atoms. The molecule has 1 aromatic carbocycles. The molecule has 5 heteroatoms. The zero-order valence-electron chi connectivity index (χ0n) is 7.79. The van der Waals surface area contributed by atoms with E-state index in [0.717, 1.165) is 5.56 Å². The molecule has 2 atom stereocenters. The van der Waals surface area contributed by atoms with Crippen molar-refractivity contribution in [2.24, 2.45) is 5.92 Å². The molecule has 1 fully saturated rings. The number of nitro benzene ring substituents is 1. The van der Waals surface area contributed by atoms with Crippen molar-refractivity contribution >= 4 is 11.7 Å². The zero-order valence-corrected chi connectivity index (χ0v) is 7.79. The summed E-state index contributed by atoms with van der Waals surface area (Å²) in [6, 6.07) is 6.18. The minimum Gasteiger partial charge on any atom is -0.481 e. The normalized spacial score (nSPS) is 23.5. The third kappa shape index (κ3) is 1.81. The van der Waals surface area contributed by atoms with Gasteiger partial charge in [0, 0.05) is 12.1 Å². The van der Waals surface area contributed by atoms with Crippen LogP contribution in [0.2, 0.25) is 0 Å². The van der Waals surface area contributed by atoms with Gasteiger partial charge in [-0.1, -0.05) is 12.1 Å². The highest BCUT2D eigenvalue weighted by molar-refractivity contribution is 5.75. The van der Waals surface area contributed by atoms with Crippen molar-refractivity contribution in [3.8, 4) is 0 Å². The van der Waals surface area contributed by atoms with Crippen LogP contribution in [0.25, 0.3) is 0 Å². The molecule has 0 aromatic heterocycles. The van der Waals surface area contributed by atoms with Crippen LogP contribution in [0.1, 0.15) is 17.9 Å². The van der Waals surface area contributed by atoms with Gasteiger partial charge in [0.05, 0.1) is 10.8 Å². The molecule has 0 heterocycles. The Morgan fingerprint density at radius 1 is 1.53 bits per heavy atom. The van der Waals surface area contributed by atoms with E-state index in [1.807, 2.05) is 0 Å². The van der Waals surface area contributed by atoms with Gasteiger partial charge in [-0.25, -0.2) is 0 Å². The topological polar surface area (TPSA) is 80.4 Å². The van der Waals surface area contributed by atoms with Crippen LogP contribution in [-0.4, -0.2) is 16.0 Å². The van der Waals surface area contributed by atoms with Crippen molar-refractivity contribution in [2.75, 3.05) is 0 Å². The summed E-state index contributed by atoms with van der Waals surface area (Å²) in [5.74, 6) is -1.25. The number of nitro groups is 1. The number of aliphatic carboxylic acids is 1. The fourth-order valence-corrected chi connectivity index (χ4v) is 1.71. The van der Waals surface area contributed by atoms with Crippen molar-refractivity contribution in [3.05, 3.63) is 39.9 Å². The quantitative estimate of drug-likeness (QED) is 0.605. The van der Waals surface area contributed by atoms with E-state index in [9.17, 15) is 14.9 Å². The Kier molecular flexibility index (Phi) is 2.15. The van der Waals surface area contributed by atoms with Gasteiger partial charge in [-0.05, 0) is 17.9 Å². The van der Waals surface area contributed by atoms with Crippen LogP contribution >= 0.6 is 0 Å². The number of carboxylic acids is 1. The minimum atomic E-state index is -0.827. The number of non-ortho nitro benzene ring substituents is 1. The lowest BCUT2D eigenvalue weighted by Gasteiger charge is -1.97. The van der Waals surface area contributed by atoms with E-state index in [1.165, 1.54) is 12.1 Å². The number of carbonyl (C=O) groups is 1. The Morgan fingerprint density at radius 2 is 2.27 bits per heavy atom. The maximum absolute atomic E-state index is 10.6. The second-order valence-corrected chi connectivity index (χ2v) is 3.64. The van der Waals surface area contributed by atoms with Gasteiger partial charge in [-0.3, -0.25) is 14.9 Å². The van der Waals surface area contributed by atoms with E-state index < -0.39 is 10.9 Å². The highest BCUT2D eigenvalue weighted by Crippen LogP contribution is 2.47. The largest absolute Gasteiger partial charge is 0.481 e. The molecule has 0 amide bonds. The highest BCUT2D eigenvalue weighted by atomic mass is 16.6. The van der Waals surface area contributed by atoms with Crippen LogP contribution in [0.3, 0.4) is 0 Å². The van der Waals surface area contributed by atoms with Gasteiger partial charge in [0.25, 0.3) is 5.69 Å². The second-order valence-electron chi connectivity index (χ2n) is 3.64. The molecule has 2 rings (SSSR count). The molecule has 78 valence electrons. The Morgan fingerprint density at radius 3 is 2.80 bits per heavy atom. The number of carboxylic acid groups (broad SMARTS) is 1. The molecule has 1 aliphatic rings. The van der Waals surface area contributed by atoms with E-state index in [-0.39, 0.29) is 17.5 Å². The summed E-state index contributed by atoms with van der Waals surface area (Å²) < 4.78 is 0. The Balaban J connectivity index is 2.20. The molecule has 1 saturated carbocycles. The van der Waals surface area contributed by atoms with Gasteiger partial charge in [-0.2, -0.15) is 0 Å². The van der Waals surface area contributed by atoms with Gasteiger partial charge in [-0.15, -0.1) is 0 Å². The lowest BCUT2D eigenvalue weighted by atomic mass is 10.1. The zero-order chi connectivity index (χ0) is 11.0. The summed E-state index contributed by atoms with van der Waals surface area (Å²) in [5.41, 5.74) is 0.764. The Bertz CT molecular complexity index is 429. The van der Waals surface area contributed by atoms with Crippen molar-refractivity contribution in [1.29, 1.82) is 0 Å². The highest BCUT2D eigenvalue weighted by Gasteiger charge is 2.44. The summed E-state index contributed by atoms with van der Waals surface area (Å²) in [4.78, 5) is 20.7. The van der Waals surface area contributed by atoms with Crippen molar-refractivity contribution < 1.29 is 14.8 Å². The fraction of sp³-hybridized carbons (Fsp3) is 0.300. The maximum Gasteiger partial charge on any atom is 0.307 e. The average Bonchev–Trinajstić information content (AvgIpc) is 2.97. The first kappa shape index (κ1) is 9.64. The Hall–Kier alpha value is -1.91. The van der Waals surface area contributed by atoms with E-state index in [1.54, 1.807) is 12.1 Å². The van der Waals surface area contributed by atoms with Crippen LogP contribution in [0.15, 0.2) is 24.3 Å². The van der Waals surface area contributed by atoms with Gasteiger partial charge >= 0.3 is 5.97 Å². The molecule has 0 bridgehead atoms. The molecule has 5 nitrogen and oxygen atoms in total. The molecule has 1 N–H and O–H groups in total. The van der Waals surface area contributed by atoms with Crippen molar-refractivity contribution in [1.82, 2.24) is 0 Å². The minimum absolute atomic E-state index is 0.0172. The third-order valence-corrected chi connectivity index (χ3v) is 2.62. The van der Waals surface area contributed by atoms with Gasteiger partial charge in [0.2, 0.25) is 0 Å². The summed E-state index contributed by atoms with van der Waals surface area (Å²) in [7, 11) is 0. The van der Waals surface area contributed by atoms with Crippen LogP contribution in [0.4, 0.5) is 5.69 Å². The first-order valence-electron chi connectivity index (χ1n) is 4.57. The predicted molar refractivity (Wildman–Crippen MR) is 51.6 cm³/mol. The van der Waals surface area contributed by atoms with Gasteiger partial charge in [0.1, 0.15) is 0 Å². The number of hydrogen-bond acceptors (Lipinski definition) is 3. The molecular weight excluding hydrogens is 198 g/mol. The predicted octanol–water partition coefficient (Wildman–Crippen LogP) is 1.78. The number of rotatable bonds is 3. The molecule has 0 radical (unpaired) electrons. The number of benzene rings is 1. The maximum atomic E-state index is 10.6. The molecule has 1 aliphatic carbocycles. The molecule has 1 aromatic rings. The SMILES string of the molecule is O=C(O)[C@H]1C[C@@H]1c1cccc([N+](=O)[O-])c1. The van der Waals surface area contributed by atoms with Crippen LogP contribution in [0, 0.1) is 16.0 Å². The standard InChI is InChI=1S/C10H9NO4/c12-10(13)9-5-8(9)6-2-1-3-7(4-6)11(14)15/h1-4,8-9H,5H2,(H,12,13)/t8-,9+/m1/s1. The molecule has 0 unspecified atom stereocenters. The first-order valence-corrected chi connectivity index (χ1v) is 4.57. The second kappa shape index (κ2) is 3.34. The van der Waals surface area contributed by atoms with Gasteiger partial charge < -0.3 is 5.11 Å². The Labute approximate surface area is 85.5 Å². The van der Waals surface area contributed by atoms with Crippen molar-refractivity contribution in [3.63, 3.8) is 0 Å². The number of hydrogen-bond donors (Lipinski definition) is 1. The summed E-state index contributed by atoms with van der Waals surface area (Å²) in [6.45, 7) is 0. The molecule has 0 spiro atoms. The van der Waals surface area contributed by atoms with Crippen LogP contribution in [-0.2, 0) is 4.79 Å². The number of nitrogens with zero attached hydrogens (tertiary/aromatic N) is 1. The van der Waals surface area contributed by atoms with E-state index in [0.29, 0.717) is 6.42 Å². The monoisotopic (exact) mass is 207 g/mol. The van der Waals surface area contributed by atoms with Crippen molar-refractivity contribution in [2.45, 2.75) is 12.3 Å². The van der Waals surface area contributed by atoms with Gasteiger partial charge in [0.15, 0.2) is 0 Å². The van der Waals surface area contributed by atoms with E-state index in [2.05, 4.69) is 0 Å². The lowest BCUT2D eigenvalue weighted by molar-refractivity contribution is -0.384. The smallest absolute Gasteiger partial charge is 0.307 e. The molecular formula is C10H9NO4. The summed E-state index contributed by atoms with van der Waals surface area (Å²) in [6.07, 6.45) is 0.580. The van der Waals surface area contributed by atoms with E-state index >= 15 is 0 Å². The fourth-order valence-electron chi connectivity index (χ4n) is 1.71. The van der Waals surface area contributed by atoms with Crippen LogP contribution in [0.5, 0.6) is 0 Å². The third-order valence-electron chi connectivity index (χ3n) is 2.62. The van der Waals surface area contributed by atoms with Crippen LogP contribution < -0.4 is 0 Å².